The van der Waals surface area contributed by atoms with Crippen LogP contribution in [0.25, 0.3) is 10.2 Å². The van der Waals surface area contributed by atoms with Crippen molar-refractivity contribution in [1.29, 1.82) is 0 Å². The van der Waals surface area contributed by atoms with Gasteiger partial charge in [0, 0.05) is 23.7 Å². The lowest BCUT2D eigenvalue weighted by Crippen LogP contribution is -2.33. The SMILES string of the molecule is CCCCN(CCCC)S(=O)(=O)c1ccc(C(=O)N(Cc2ccco2)c2nc3c(C)cc(Cl)cc3s2)cc1. The van der Waals surface area contributed by atoms with Gasteiger partial charge in [-0.3, -0.25) is 9.69 Å². The van der Waals surface area contributed by atoms with Crippen molar-refractivity contribution < 1.29 is 17.6 Å². The lowest BCUT2D eigenvalue weighted by Gasteiger charge is -2.22. The first kappa shape index (κ1) is 28.3. The van der Waals surface area contributed by atoms with Crippen LogP contribution < -0.4 is 4.90 Å². The van der Waals surface area contributed by atoms with E-state index in [0.29, 0.717) is 34.6 Å². The average Bonchev–Trinajstić information content (AvgIpc) is 3.57. The first-order chi connectivity index (χ1) is 18.2. The minimum absolute atomic E-state index is 0.181. The number of nitrogens with zero attached hydrogens (tertiary/aromatic N) is 3. The maximum atomic E-state index is 13.7. The van der Waals surface area contributed by atoms with Gasteiger partial charge >= 0.3 is 0 Å². The predicted octanol–water partition coefficient (Wildman–Crippen LogP) is 7.29. The summed E-state index contributed by atoms with van der Waals surface area (Å²) in [6.07, 6.45) is 4.98. The molecule has 4 rings (SSSR count). The molecule has 38 heavy (non-hydrogen) atoms. The van der Waals surface area contributed by atoms with E-state index < -0.39 is 10.0 Å². The number of amides is 1. The Morgan fingerprint density at radius 1 is 1.05 bits per heavy atom. The molecule has 7 nitrogen and oxygen atoms in total. The van der Waals surface area contributed by atoms with Gasteiger partial charge in [-0.15, -0.1) is 0 Å². The minimum Gasteiger partial charge on any atom is -0.467 e. The molecule has 0 fully saturated rings. The summed E-state index contributed by atoms with van der Waals surface area (Å²) in [6.45, 7) is 7.16. The van der Waals surface area contributed by atoms with Crippen LogP contribution in [0.4, 0.5) is 5.13 Å². The third-order valence-corrected chi connectivity index (χ3v) is 9.43. The number of carbonyl (C=O) groups is 1. The average molecular weight is 574 g/mol. The van der Waals surface area contributed by atoms with E-state index in [-0.39, 0.29) is 17.3 Å². The molecular weight excluding hydrogens is 542 g/mol. The number of fused-ring (bicyclic) bond motifs is 1. The molecule has 0 N–H and O–H groups in total. The third-order valence-electron chi connectivity index (χ3n) is 6.27. The molecule has 0 atom stereocenters. The van der Waals surface area contributed by atoms with E-state index in [1.54, 1.807) is 39.7 Å². The molecule has 2 aromatic heterocycles. The zero-order chi connectivity index (χ0) is 27.3. The van der Waals surface area contributed by atoms with Crippen molar-refractivity contribution in [2.24, 2.45) is 0 Å². The van der Waals surface area contributed by atoms with Crippen molar-refractivity contribution in [3.05, 3.63) is 76.7 Å². The van der Waals surface area contributed by atoms with Crippen LogP contribution in [0.5, 0.6) is 0 Å². The second-order valence-electron chi connectivity index (χ2n) is 9.17. The molecule has 1 amide bonds. The molecule has 0 aliphatic rings. The van der Waals surface area contributed by atoms with Gasteiger partial charge in [0.25, 0.3) is 5.91 Å². The second-order valence-corrected chi connectivity index (χ2v) is 12.6. The zero-order valence-corrected chi connectivity index (χ0v) is 24.2. The van der Waals surface area contributed by atoms with Crippen LogP contribution in [0.15, 0.2) is 64.1 Å². The maximum absolute atomic E-state index is 13.7. The number of hydrogen-bond acceptors (Lipinski definition) is 6. The van der Waals surface area contributed by atoms with E-state index in [1.807, 2.05) is 32.9 Å². The number of thiazole rings is 1. The van der Waals surface area contributed by atoms with Crippen molar-refractivity contribution >= 4 is 54.2 Å². The zero-order valence-electron chi connectivity index (χ0n) is 21.8. The van der Waals surface area contributed by atoms with E-state index >= 15 is 0 Å². The number of unbranched alkanes of at least 4 members (excludes halogenated alkanes) is 2. The molecule has 0 radical (unpaired) electrons. The van der Waals surface area contributed by atoms with E-state index in [9.17, 15) is 13.2 Å². The molecule has 202 valence electrons. The molecule has 2 aromatic carbocycles. The lowest BCUT2D eigenvalue weighted by molar-refractivity contribution is 0.0983. The third kappa shape index (κ3) is 6.29. The highest BCUT2D eigenvalue weighted by Crippen LogP contribution is 2.34. The highest BCUT2D eigenvalue weighted by Gasteiger charge is 2.26. The predicted molar refractivity (Wildman–Crippen MR) is 154 cm³/mol. The van der Waals surface area contributed by atoms with Crippen molar-refractivity contribution in [2.45, 2.75) is 57.9 Å². The normalized spacial score (nSPS) is 11.9. The first-order valence-electron chi connectivity index (χ1n) is 12.8. The van der Waals surface area contributed by atoms with Gasteiger partial charge in [0.1, 0.15) is 5.76 Å². The molecule has 0 saturated carbocycles. The molecule has 4 aromatic rings. The van der Waals surface area contributed by atoms with Gasteiger partial charge in [-0.05, 0) is 73.9 Å². The Morgan fingerprint density at radius 2 is 1.74 bits per heavy atom. The Bertz CT molecular complexity index is 1470. The monoisotopic (exact) mass is 573 g/mol. The summed E-state index contributed by atoms with van der Waals surface area (Å²) >= 11 is 7.62. The summed E-state index contributed by atoms with van der Waals surface area (Å²) in [5.41, 5.74) is 2.07. The quantitative estimate of drug-likeness (QED) is 0.178. The Balaban J connectivity index is 1.65. The van der Waals surface area contributed by atoms with E-state index in [1.165, 1.54) is 23.5 Å². The smallest absolute Gasteiger partial charge is 0.260 e. The number of benzene rings is 2. The van der Waals surface area contributed by atoms with Crippen molar-refractivity contribution in [3.8, 4) is 0 Å². The fourth-order valence-electron chi connectivity index (χ4n) is 4.14. The number of halogens is 1. The summed E-state index contributed by atoms with van der Waals surface area (Å²) < 4.78 is 34.6. The van der Waals surface area contributed by atoms with Crippen molar-refractivity contribution in [3.63, 3.8) is 0 Å². The van der Waals surface area contributed by atoms with Crippen LogP contribution in [0.3, 0.4) is 0 Å². The van der Waals surface area contributed by atoms with E-state index in [0.717, 1.165) is 41.5 Å². The summed E-state index contributed by atoms with van der Waals surface area (Å²) in [5, 5.41) is 1.12. The molecule has 0 aliphatic heterocycles. The Labute approximate surface area is 233 Å². The number of anilines is 1. The molecule has 10 heteroatoms. The van der Waals surface area contributed by atoms with Crippen LogP contribution in [0, 0.1) is 6.92 Å². The number of carbonyl (C=O) groups excluding carboxylic acids is 1. The van der Waals surface area contributed by atoms with E-state index in [4.69, 9.17) is 21.0 Å². The van der Waals surface area contributed by atoms with Crippen LogP contribution in [-0.2, 0) is 16.6 Å². The highest BCUT2D eigenvalue weighted by molar-refractivity contribution is 7.89. The number of aromatic nitrogens is 1. The van der Waals surface area contributed by atoms with Crippen molar-refractivity contribution in [2.75, 3.05) is 18.0 Å². The molecule has 2 heterocycles. The fraction of sp³-hybridized carbons (Fsp3) is 0.357. The highest BCUT2D eigenvalue weighted by atomic mass is 35.5. The van der Waals surface area contributed by atoms with Gasteiger partial charge in [-0.25, -0.2) is 13.4 Å². The van der Waals surface area contributed by atoms with Gasteiger partial charge in [-0.1, -0.05) is 49.6 Å². The minimum atomic E-state index is -3.66. The van der Waals surface area contributed by atoms with Gasteiger partial charge in [0.15, 0.2) is 5.13 Å². The van der Waals surface area contributed by atoms with Gasteiger partial charge < -0.3 is 4.42 Å². The largest absolute Gasteiger partial charge is 0.467 e. The number of aryl methyl sites for hydroxylation is 1. The molecule has 0 bridgehead atoms. The maximum Gasteiger partial charge on any atom is 0.260 e. The van der Waals surface area contributed by atoms with Gasteiger partial charge in [0.2, 0.25) is 10.0 Å². The topological polar surface area (TPSA) is 83.7 Å². The molecule has 0 aliphatic carbocycles. The lowest BCUT2D eigenvalue weighted by atomic mass is 10.2. The number of hydrogen-bond donors (Lipinski definition) is 0. The Morgan fingerprint density at radius 3 is 2.34 bits per heavy atom. The number of furan rings is 1. The summed E-state index contributed by atoms with van der Waals surface area (Å²) in [4.78, 5) is 20.2. The Hall–Kier alpha value is -2.72. The van der Waals surface area contributed by atoms with Crippen LogP contribution >= 0.6 is 22.9 Å². The molecule has 0 saturated heterocycles. The van der Waals surface area contributed by atoms with Crippen LogP contribution in [0.2, 0.25) is 5.02 Å². The molecule has 0 spiro atoms. The first-order valence-corrected chi connectivity index (χ1v) is 15.4. The molecular formula is C28H32ClN3O4S2. The van der Waals surface area contributed by atoms with Gasteiger partial charge in [-0.2, -0.15) is 4.31 Å². The van der Waals surface area contributed by atoms with Gasteiger partial charge in [0.05, 0.1) is 27.9 Å². The standard InChI is InChI=1S/C28H32ClN3O4S2/c1-4-6-14-31(15-7-5-2)38(34,35)24-12-10-21(11-13-24)27(33)32(19-23-9-8-16-36-23)28-30-26-20(3)17-22(29)18-25(26)37-28/h8-13,16-18H,4-7,14-15,19H2,1-3H3. The molecule has 0 unspecified atom stereocenters. The second kappa shape index (κ2) is 12.4. The van der Waals surface area contributed by atoms with Crippen molar-refractivity contribution in [1.82, 2.24) is 9.29 Å². The summed E-state index contributed by atoms with van der Waals surface area (Å²) in [5.74, 6) is 0.302. The van der Waals surface area contributed by atoms with Crippen LogP contribution in [-0.4, -0.2) is 36.7 Å². The fourth-order valence-corrected chi connectivity index (χ4v) is 7.07. The number of sulfonamides is 1. The number of rotatable bonds is 12. The summed E-state index contributed by atoms with van der Waals surface area (Å²) in [6, 6.07) is 13.4. The van der Waals surface area contributed by atoms with E-state index in [2.05, 4.69) is 0 Å². The van der Waals surface area contributed by atoms with Crippen LogP contribution in [0.1, 0.15) is 61.2 Å². The summed E-state index contributed by atoms with van der Waals surface area (Å²) in [7, 11) is -3.66. The Kier molecular flexibility index (Phi) is 9.25.